The van der Waals surface area contributed by atoms with Crippen LogP contribution in [0.15, 0.2) is 12.3 Å². The van der Waals surface area contributed by atoms with E-state index in [0.717, 1.165) is 45.7 Å². The number of nitrogens with two attached hydrogens (primary N) is 1. The summed E-state index contributed by atoms with van der Waals surface area (Å²) in [4.78, 5) is 2.48. The van der Waals surface area contributed by atoms with E-state index in [1.807, 2.05) is 16.9 Å². The van der Waals surface area contributed by atoms with E-state index >= 15 is 0 Å². The Labute approximate surface area is 115 Å². The number of hydrogen-bond donors (Lipinski definition) is 1. The number of unbranched alkanes of at least 4 members (excludes halogenated alkanes) is 1. The first kappa shape index (κ1) is 14.3. The first-order chi connectivity index (χ1) is 9.29. The van der Waals surface area contributed by atoms with Gasteiger partial charge in [0.1, 0.15) is 5.82 Å². The van der Waals surface area contributed by atoms with Crippen molar-refractivity contribution in [3.05, 3.63) is 12.3 Å². The van der Waals surface area contributed by atoms with Crippen LogP contribution in [0.25, 0.3) is 0 Å². The maximum Gasteiger partial charge on any atom is 0.145 e. The van der Waals surface area contributed by atoms with Gasteiger partial charge in [-0.1, -0.05) is 13.3 Å². The molecule has 5 heteroatoms. The summed E-state index contributed by atoms with van der Waals surface area (Å²) in [6.45, 7) is 7.26. The van der Waals surface area contributed by atoms with Gasteiger partial charge in [0.25, 0.3) is 0 Å². The number of piperidine rings is 1. The molecule has 0 aromatic carbocycles. The molecule has 19 heavy (non-hydrogen) atoms. The van der Waals surface area contributed by atoms with Crippen LogP contribution < -0.4 is 5.73 Å². The van der Waals surface area contributed by atoms with Crippen molar-refractivity contribution in [1.82, 2.24) is 14.7 Å². The van der Waals surface area contributed by atoms with Crippen molar-refractivity contribution in [3.8, 4) is 0 Å². The fourth-order valence-corrected chi connectivity index (χ4v) is 2.51. The molecule has 1 saturated heterocycles. The molecule has 0 amide bonds. The lowest BCUT2D eigenvalue weighted by Gasteiger charge is -2.31. The number of rotatable bonds is 7. The van der Waals surface area contributed by atoms with Gasteiger partial charge in [0.2, 0.25) is 0 Å². The number of anilines is 1. The summed E-state index contributed by atoms with van der Waals surface area (Å²) in [5.74, 6) is 0.617. The Kier molecular flexibility index (Phi) is 5.66. The summed E-state index contributed by atoms with van der Waals surface area (Å²) in [5, 5.41) is 4.31. The van der Waals surface area contributed by atoms with Crippen molar-refractivity contribution < 1.29 is 4.74 Å². The van der Waals surface area contributed by atoms with Gasteiger partial charge in [0.15, 0.2) is 0 Å². The molecule has 0 bridgehead atoms. The zero-order chi connectivity index (χ0) is 13.5. The summed E-state index contributed by atoms with van der Waals surface area (Å²) in [6.07, 6.45) is 6.66. The van der Waals surface area contributed by atoms with E-state index in [1.54, 1.807) is 0 Å². The molecule has 1 aromatic heterocycles. The lowest BCUT2D eigenvalue weighted by molar-refractivity contribution is 0.0866. The molecule has 2 N–H and O–H groups in total. The molecule has 0 radical (unpaired) electrons. The number of aromatic nitrogens is 2. The smallest absolute Gasteiger partial charge is 0.145 e. The molecule has 0 aliphatic carbocycles. The van der Waals surface area contributed by atoms with Crippen LogP contribution in [0.1, 0.15) is 38.6 Å². The van der Waals surface area contributed by atoms with Crippen molar-refractivity contribution in [2.24, 2.45) is 0 Å². The topological polar surface area (TPSA) is 56.3 Å². The van der Waals surface area contributed by atoms with E-state index in [4.69, 9.17) is 10.5 Å². The Morgan fingerprint density at radius 1 is 1.37 bits per heavy atom. The van der Waals surface area contributed by atoms with E-state index in [9.17, 15) is 0 Å². The van der Waals surface area contributed by atoms with Gasteiger partial charge in [-0.15, -0.1) is 0 Å². The normalized spacial score (nSPS) is 17.9. The van der Waals surface area contributed by atoms with E-state index in [2.05, 4.69) is 16.9 Å². The predicted molar refractivity (Wildman–Crippen MR) is 77.1 cm³/mol. The third kappa shape index (κ3) is 4.51. The van der Waals surface area contributed by atoms with Gasteiger partial charge in [-0.3, -0.25) is 4.68 Å². The summed E-state index contributed by atoms with van der Waals surface area (Å²) < 4.78 is 7.63. The third-order valence-electron chi connectivity index (χ3n) is 3.75. The molecular weight excluding hydrogens is 240 g/mol. The Bertz CT molecular complexity index is 358. The van der Waals surface area contributed by atoms with Crippen LogP contribution in [0.4, 0.5) is 5.82 Å². The van der Waals surface area contributed by atoms with Crippen LogP contribution >= 0.6 is 0 Å². The van der Waals surface area contributed by atoms with Crippen LogP contribution in [-0.2, 0) is 4.74 Å². The zero-order valence-corrected chi connectivity index (χ0v) is 11.9. The Morgan fingerprint density at radius 2 is 2.16 bits per heavy atom. The number of ether oxygens (including phenoxy) is 1. The van der Waals surface area contributed by atoms with Crippen LogP contribution in [0.5, 0.6) is 0 Å². The Hall–Kier alpha value is -1.07. The fraction of sp³-hybridized carbons (Fsp3) is 0.786. The van der Waals surface area contributed by atoms with Gasteiger partial charge in [-0.2, -0.15) is 5.10 Å². The average molecular weight is 266 g/mol. The van der Waals surface area contributed by atoms with Crippen LogP contribution in [0.2, 0.25) is 0 Å². The van der Waals surface area contributed by atoms with Crippen molar-refractivity contribution >= 4 is 5.82 Å². The van der Waals surface area contributed by atoms with Gasteiger partial charge in [-0.25, -0.2) is 0 Å². The molecule has 108 valence electrons. The van der Waals surface area contributed by atoms with Crippen LogP contribution in [0, 0.1) is 0 Å². The lowest BCUT2D eigenvalue weighted by Crippen LogP contribution is -2.36. The first-order valence-corrected chi connectivity index (χ1v) is 7.40. The number of nitrogen functional groups attached to an aromatic ring is 1. The Balaban J connectivity index is 1.62. The minimum Gasteiger partial charge on any atom is -0.382 e. The lowest BCUT2D eigenvalue weighted by atomic mass is 10.1. The molecule has 1 aliphatic heterocycles. The summed E-state index contributed by atoms with van der Waals surface area (Å²) in [5.41, 5.74) is 5.66. The minimum absolute atomic E-state index is 0.509. The summed E-state index contributed by atoms with van der Waals surface area (Å²) in [6, 6.07) is 2.38. The third-order valence-corrected chi connectivity index (χ3v) is 3.75. The van der Waals surface area contributed by atoms with E-state index < -0.39 is 0 Å². The number of nitrogens with zero attached hydrogens (tertiary/aromatic N) is 3. The van der Waals surface area contributed by atoms with Crippen molar-refractivity contribution in [2.45, 2.75) is 38.6 Å². The second-order valence-corrected chi connectivity index (χ2v) is 5.26. The van der Waals surface area contributed by atoms with E-state index in [-0.39, 0.29) is 0 Å². The molecular formula is C14H26N4O. The molecule has 0 unspecified atom stereocenters. The monoisotopic (exact) mass is 266 g/mol. The molecule has 2 heterocycles. The highest BCUT2D eigenvalue weighted by molar-refractivity contribution is 5.24. The first-order valence-electron chi connectivity index (χ1n) is 7.40. The van der Waals surface area contributed by atoms with Crippen molar-refractivity contribution in [2.75, 3.05) is 38.6 Å². The highest BCUT2D eigenvalue weighted by Crippen LogP contribution is 2.21. The predicted octanol–water partition coefficient (Wildman–Crippen LogP) is 1.92. The summed E-state index contributed by atoms with van der Waals surface area (Å²) >= 11 is 0. The van der Waals surface area contributed by atoms with Crippen LogP contribution in [0.3, 0.4) is 0 Å². The molecule has 0 atom stereocenters. The van der Waals surface area contributed by atoms with Gasteiger partial charge >= 0.3 is 0 Å². The van der Waals surface area contributed by atoms with Gasteiger partial charge in [0, 0.05) is 32.4 Å². The highest BCUT2D eigenvalue weighted by Gasteiger charge is 2.20. The maximum atomic E-state index is 5.66. The second kappa shape index (κ2) is 7.50. The van der Waals surface area contributed by atoms with E-state index in [1.165, 1.54) is 12.8 Å². The molecule has 1 aromatic rings. The molecule has 0 spiro atoms. The zero-order valence-electron chi connectivity index (χ0n) is 11.9. The van der Waals surface area contributed by atoms with Crippen molar-refractivity contribution in [1.29, 1.82) is 0 Å². The fourth-order valence-electron chi connectivity index (χ4n) is 2.51. The van der Waals surface area contributed by atoms with Crippen LogP contribution in [-0.4, -0.2) is 47.5 Å². The summed E-state index contributed by atoms with van der Waals surface area (Å²) in [7, 11) is 0. The minimum atomic E-state index is 0.509. The quantitative estimate of drug-likeness (QED) is 0.766. The number of hydrogen-bond acceptors (Lipinski definition) is 4. The molecule has 1 fully saturated rings. The SMILES string of the molecule is CCCCOCCN1CCC(n2ccc(N)n2)CC1. The van der Waals surface area contributed by atoms with Gasteiger partial charge in [0.05, 0.1) is 12.6 Å². The van der Waals surface area contributed by atoms with E-state index in [0.29, 0.717) is 11.9 Å². The average Bonchev–Trinajstić information content (AvgIpc) is 2.86. The van der Waals surface area contributed by atoms with Gasteiger partial charge < -0.3 is 15.4 Å². The standard InChI is InChI=1S/C14H26N4O/c1-2-3-11-19-12-10-17-7-4-13(5-8-17)18-9-6-14(15)16-18/h6,9,13H,2-5,7-8,10-12H2,1H3,(H2,15,16). The number of likely N-dealkylation sites (tertiary alicyclic amines) is 1. The van der Waals surface area contributed by atoms with Gasteiger partial charge in [-0.05, 0) is 25.3 Å². The second-order valence-electron chi connectivity index (χ2n) is 5.26. The highest BCUT2D eigenvalue weighted by atomic mass is 16.5. The Morgan fingerprint density at radius 3 is 2.79 bits per heavy atom. The largest absolute Gasteiger partial charge is 0.382 e. The molecule has 5 nitrogen and oxygen atoms in total. The molecule has 0 saturated carbocycles. The molecule has 2 rings (SSSR count). The maximum absolute atomic E-state index is 5.66. The molecule has 1 aliphatic rings. The van der Waals surface area contributed by atoms with Crippen molar-refractivity contribution in [3.63, 3.8) is 0 Å².